The van der Waals surface area contributed by atoms with E-state index in [0.29, 0.717) is 10.2 Å². The average Bonchev–Trinajstić information content (AvgIpc) is 3.16. The Labute approximate surface area is 138 Å². The second kappa shape index (κ2) is 6.38. The molecule has 0 bridgehead atoms. The van der Waals surface area contributed by atoms with Crippen LogP contribution in [-0.2, 0) is 6.54 Å². The van der Waals surface area contributed by atoms with Gasteiger partial charge in [-0.3, -0.25) is 9.48 Å². The summed E-state index contributed by atoms with van der Waals surface area (Å²) in [5.41, 5.74) is 0.523. The second-order valence-corrected chi connectivity index (χ2v) is 5.08. The Morgan fingerprint density at radius 3 is 2.64 bits per heavy atom. The molecule has 0 saturated heterocycles. The van der Waals surface area contributed by atoms with Gasteiger partial charge in [-0.2, -0.15) is 18.3 Å². The van der Waals surface area contributed by atoms with Crippen molar-refractivity contribution < 1.29 is 26.9 Å². The first-order valence-electron chi connectivity index (χ1n) is 6.93. The van der Waals surface area contributed by atoms with Crippen LogP contribution in [0.1, 0.15) is 10.5 Å². The summed E-state index contributed by atoms with van der Waals surface area (Å²) in [6.45, 7) is -1.26. The number of nitrogens with one attached hydrogen (secondary N) is 1. The Morgan fingerprint density at radius 1 is 1.24 bits per heavy atom. The lowest BCUT2D eigenvalue weighted by Gasteiger charge is -2.05. The van der Waals surface area contributed by atoms with Crippen molar-refractivity contribution in [2.75, 3.05) is 5.32 Å². The van der Waals surface area contributed by atoms with Crippen LogP contribution in [0.15, 0.2) is 47.2 Å². The number of nitrogens with zero attached hydrogens (tertiary/aromatic N) is 3. The molecule has 0 aliphatic rings. The van der Waals surface area contributed by atoms with E-state index in [4.69, 9.17) is 4.52 Å². The fourth-order valence-electron chi connectivity index (χ4n) is 2.03. The Hall–Kier alpha value is -3.17. The zero-order valence-corrected chi connectivity index (χ0v) is 12.4. The van der Waals surface area contributed by atoms with E-state index in [0.717, 1.165) is 12.4 Å². The first-order valence-corrected chi connectivity index (χ1v) is 6.93. The van der Waals surface area contributed by atoms with E-state index < -0.39 is 24.4 Å². The van der Waals surface area contributed by atoms with Gasteiger partial charge in [-0.05, 0) is 24.3 Å². The predicted octanol–water partition coefficient (Wildman–Crippen LogP) is 3.49. The Kier molecular flexibility index (Phi) is 4.26. The number of hydrogen-bond donors (Lipinski definition) is 1. The molecule has 0 fully saturated rings. The number of benzene rings is 1. The highest BCUT2D eigenvalue weighted by molar-refractivity contribution is 6.03. The molecule has 6 nitrogen and oxygen atoms in total. The van der Waals surface area contributed by atoms with Crippen LogP contribution in [0.4, 0.5) is 23.2 Å². The van der Waals surface area contributed by atoms with Gasteiger partial charge in [-0.15, -0.1) is 0 Å². The summed E-state index contributed by atoms with van der Waals surface area (Å²) in [5, 5.41) is 9.47. The fourth-order valence-corrected chi connectivity index (χ4v) is 2.03. The Bertz CT molecular complexity index is 884. The van der Waals surface area contributed by atoms with Crippen molar-refractivity contribution in [1.29, 1.82) is 0 Å². The molecule has 0 spiro atoms. The molecule has 0 saturated carbocycles. The maximum atomic E-state index is 12.9. The highest BCUT2D eigenvalue weighted by Gasteiger charge is 2.28. The SMILES string of the molecule is O=C(Nc1cnn(CC(F)(F)F)c1)c1cc(-c2ccc(F)cc2)on1. The number of aromatic nitrogens is 3. The average molecular weight is 354 g/mol. The molecular weight excluding hydrogens is 344 g/mol. The van der Waals surface area contributed by atoms with Crippen LogP contribution in [0.2, 0.25) is 0 Å². The fraction of sp³-hybridized carbons (Fsp3) is 0.133. The van der Waals surface area contributed by atoms with Crippen molar-refractivity contribution in [2.45, 2.75) is 12.7 Å². The number of carbonyl (C=O) groups excluding carboxylic acids is 1. The minimum atomic E-state index is -4.41. The molecule has 1 N–H and O–H groups in total. The largest absolute Gasteiger partial charge is 0.408 e. The number of anilines is 1. The first-order chi connectivity index (χ1) is 11.8. The van der Waals surface area contributed by atoms with Crippen LogP contribution < -0.4 is 5.32 Å². The summed E-state index contributed by atoms with van der Waals surface area (Å²) < 4.78 is 55.4. The van der Waals surface area contributed by atoms with Gasteiger partial charge in [0.15, 0.2) is 11.5 Å². The van der Waals surface area contributed by atoms with Gasteiger partial charge >= 0.3 is 6.18 Å². The van der Waals surface area contributed by atoms with E-state index in [1.165, 1.54) is 30.3 Å². The summed E-state index contributed by atoms with van der Waals surface area (Å²) in [6, 6.07) is 6.71. The summed E-state index contributed by atoms with van der Waals surface area (Å²) in [6.07, 6.45) is -2.28. The van der Waals surface area contributed by atoms with E-state index in [2.05, 4.69) is 15.6 Å². The van der Waals surface area contributed by atoms with E-state index in [-0.39, 0.29) is 17.1 Å². The Balaban J connectivity index is 1.69. The molecule has 2 aromatic heterocycles. The predicted molar refractivity (Wildman–Crippen MR) is 78.1 cm³/mol. The maximum Gasteiger partial charge on any atom is 0.408 e. The number of halogens is 4. The third kappa shape index (κ3) is 4.22. The van der Waals surface area contributed by atoms with Crippen molar-refractivity contribution in [2.24, 2.45) is 0 Å². The lowest BCUT2D eigenvalue weighted by molar-refractivity contribution is -0.142. The van der Waals surface area contributed by atoms with Gasteiger partial charge in [0.1, 0.15) is 12.4 Å². The molecule has 0 atom stereocenters. The minimum Gasteiger partial charge on any atom is -0.355 e. The molecule has 0 aliphatic carbocycles. The zero-order valence-electron chi connectivity index (χ0n) is 12.4. The van der Waals surface area contributed by atoms with Crippen molar-refractivity contribution >= 4 is 11.6 Å². The van der Waals surface area contributed by atoms with Gasteiger partial charge in [0.2, 0.25) is 0 Å². The van der Waals surface area contributed by atoms with Gasteiger partial charge in [-0.25, -0.2) is 4.39 Å². The minimum absolute atomic E-state index is 0.0807. The summed E-state index contributed by atoms with van der Waals surface area (Å²) >= 11 is 0. The lowest BCUT2D eigenvalue weighted by atomic mass is 10.1. The summed E-state index contributed by atoms with van der Waals surface area (Å²) in [7, 11) is 0. The Morgan fingerprint density at radius 2 is 1.96 bits per heavy atom. The van der Waals surface area contributed by atoms with Crippen LogP contribution in [-0.4, -0.2) is 27.0 Å². The molecule has 0 radical (unpaired) electrons. The normalized spacial score (nSPS) is 11.5. The van der Waals surface area contributed by atoms with E-state index in [9.17, 15) is 22.4 Å². The molecule has 0 aliphatic heterocycles. The molecule has 1 amide bonds. The van der Waals surface area contributed by atoms with Crippen LogP contribution in [0.5, 0.6) is 0 Å². The lowest BCUT2D eigenvalue weighted by Crippen LogP contribution is -2.18. The summed E-state index contributed by atoms with van der Waals surface area (Å²) in [4.78, 5) is 12.1. The molecule has 3 aromatic rings. The number of hydrogen-bond acceptors (Lipinski definition) is 4. The smallest absolute Gasteiger partial charge is 0.355 e. The van der Waals surface area contributed by atoms with Gasteiger partial charge in [0.05, 0.1) is 11.9 Å². The van der Waals surface area contributed by atoms with Crippen molar-refractivity contribution in [3.63, 3.8) is 0 Å². The van der Waals surface area contributed by atoms with Crippen molar-refractivity contribution in [3.05, 3.63) is 54.2 Å². The third-order valence-electron chi connectivity index (χ3n) is 3.10. The number of rotatable bonds is 4. The molecule has 25 heavy (non-hydrogen) atoms. The highest BCUT2D eigenvalue weighted by atomic mass is 19.4. The molecule has 10 heteroatoms. The first kappa shape index (κ1) is 16.7. The van der Waals surface area contributed by atoms with Crippen molar-refractivity contribution in [3.8, 4) is 11.3 Å². The van der Waals surface area contributed by atoms with Gasteiger partial charge < -0.3 is 9.84 Å². The standard InChI is InChI=1S/C15H10F4N4O2/c16-10-3-1-9(2-4-10)13-5-12(22-25-13)14(24)21-11-6-20-23(7-11)8-15(17,18)19/h1-7H,8H2,(H,21,24). The topological polar surface area (TPSA) is 73.0 Å². The molecule has 2 heterocycles. The number of carbonyl (C=O) groups is 1. The monoisotopic (exact) mass is 354 g/mol. The van der Waals surface area contributed by atoms with Crippen molar-refractivity contribution in [1.82, 2.24) is 14.9 Å². The molecule has 1 aromatic carbocycles. The molecule has 3 rings (SSSR count). The van der Waals surface area contributed by atoms with E-state index in [1.54, 1.807) is 0 Å². The van der Waals surface area contributed by atoms with Crippen LogP contribution in [0, 0.1) is 5.82 Å². The van der Waals surface area contributed by atoms with Crippen LogP contribution in [0.25, 0.3) is 11.3 Å². The quantitative estimate of drug-likeness (QED) is 0.728. The van der Waals surface area contributed by atoms with E-state index in [1.807, 2.05) is 0 Å². The summed E-state index contributed by atoms with van der Waals surface area (Å²) in [5.74, 6) is -0.848. The van der Waals surface area contributed by atoms with Gasteiger partial charge in [-0.1, -0.05) is 5.16 Å². The highest BCUT2D eigenvalue weighted by Crippen LogP contribution is 2.21. The zero-order chi connectivity index (χ0) is 18.0. The number of amides is 1. The molecular formula is C15H10F4N4O2. The third-order valence-corrected chi connectivity index (χ3v) is 3.10. The number of alkyl halides is 3. The van der Waals surface area contributed by atoms with E-state index >= 15 is 0 Å². The van der Waals surface area contributed by atoms with Gasteiger partial charge in [0.25, 0.3) is 5.91 Å². The van der Waals surface area contributed by atoms with Gasteiger partial charge in [0, 0.05) is 17.8 Å². The van der Waals surface area contributed by atoms with Crippen LogP contribution in [0.3, 0.4) is 0 Å². The second-order valence-electron chi connectivity index (χ2n) is 5.08. The maximum absolute atomic E-state index is 12.9. The van der Waals surface area contributed by atoms with Crippen LogP contribution >= 0.6 is 0 Å². The molecule has 0 unspecified atom stereocenters. The molecule has 130 valence electrons.